The third kappa shape index (κ3) is 3.54. The van der Waals surface area contributed by atoms with Gasteiger partial charge in [0.05, 0.1) is 13.2 Å². The number of rotatable bonds is 5. The molecule has 0 bridgehead atoms. The van der Waals surface area contributed by atoms with E-state index in [0.29, 0.717) is 22.4 Å². The maximum atomic E-state index is 14.8. The molecule has 4 rings (SSSR count). The van der Waals surface area contributed by atoms with E-state index in [1.807, 2.05) is 55.5 Å². The maximum Gasteiger partial charge on any atom is 0.290 e. The number of hydrogen-bond acceptors (Lipinski definition) is 3. The van der Waals surface area contributed by atoms with E-state index in [2.05, 4.69) is 0 Å². The van der Waals surface area contributed by atoms with E-state index < -0.39 is 17.8 Å². The highest BCUT2D eigenvalue weighted by Gasteiger charge is 2.42. The summed E-state index contributed by atoms with van der Waals surface area (Å²) in [7, 11) is 1.57. The molecule has 0 saturated carbocycles. The molecule has 0 radical (unpaired) electrons. The van der Waals surface area contributed by atoms with Gasteiger partial charge >= 0.3 is 0 Å². The molecular formula is C25H22FNO3. The number of ether oxygens (including phenoxy) is 1. The number of amides is 1. The molecule has 0 aromatic heterocycles. The highest BCUT2D eigenvalue weighted by molar-refractivity contribution is 6.05. The largest absolute Gasteiger partial charge is 0.503 e. The number of nitrogens with zero attached hydrogens (tertiary/aromatic N) is 1. The second-order valence-corrected chi connectivity index (χ2v) is 7.34. The first-order valence-corrected chi connectivity index (χ1v) is 9.68. The lowest BCUT2D eigenvalue weighted by Crippen LogP contribution is -2.30. The fourth-order valence-corrected chi connectivity index (χ4v) is 3.83. The minimum Gasteiger partial charge on any atom is -0.503 e. The zero-order valence-electron chi connectivity index (χ0n) is 16.8. The van der Waals surface area contributed by atoms with Crippen LogP contribution >= 0.6 is 0 Å². The lowest BCUT2D eigenvalue weighted by Gasteiger charge is -2.28. The molecule has 0 saturated heterocycles. The summed E-state index contributed by atoms with van der Waals surface area (Å²) in [4.78, 5) is 14.6. The molecule has 4 nitrogen and oxygen atoms in total. The standard InChI is InChI=1S/C25H22FNO3/c1-16-10-12-18(13-11-16)22-23(20-8-3-4-9-21(20)26)27(25(29)24(22)28)15-17-6-5-7-19(14-17)30-2/h3-14,23,28H,15H2,1-2H3/t23-/m0/s1. The van der Waals surface area contributed by atoms with Crippen molar-refractivity contribution < 1.29 is 19.0 Å². The first-order valence-electron chi connectivity index (χ1n) is 9.68. The van der Waals surface area contributed by atoms with Gasteiger partial charge in [0.25, 0.3) is 5.91 Å². The van der Waals surface area contributed by atoms with Crippen molar-refractivity contribution >= 4 is 11.5 Å². The molecular weight excluding hydrogens is 381 g/mol. The summed E-state index contributed by atoms with van der Waals surface area (Å²) in [6, 6.07) is 20.5. The van der Waals surface area contributed by atoms with Crippen LogP contribution in [0.1, 0.15) is 28.3 Å². The van der Waals surface area contributed by atoms with Crippen LogP contribution in [0, 0.1) is 12.7 Å². The summed E-state index contributed by atoms with van der Waals surface area (Å²) in [5.41, 5.74) is 3.31. The summed E-state index contributed by atoms with van der Waals surface area (Å²) in [5.74, 6) is -0.639. The lowest BCUT2D eigenvalue weighted by molar-refractivity contribution is -0.130. The van der Waals surface area contributed by atoms with E-state index in [0.717, 1.165) is 11.1 Å². The van der Waals surface area contributed by atoms with Gasteiger partial charge in [-0.2, -0.15) is 0 Å². The third-order valence-corrected chi connectivity index (χ3v) is 5.35. The van der Waals surface area contributed by atoms with E-state index in [9.17, 15) is 14.3 Å². The van der Waals surface area contributed by atoms with Gasteiger partial charge in [0, 0.05) is 17.7 Å². The van der Waals surface area contributed by atoms with Gasteiger partial charge in [-0.3, -0.25) is 4.79 Å². The first kappa shape index (κ1) is 19.7. The van der Waals surface area contributed by atoms with Crippen LogP contribution < -0.4 is 4.74 Å². The lowest BCUT2D eigenvalue weighted by atomic mass is 9.92. The average Bonchev–Trinajstić information content (AvgIpc) is 3.00. The molecule has 1 N–H and O–H groups in total. The summed E-state index contributed by atoms with van der Waals surface area (Å²) in [6.45, 7) is 2.16. The predicted molar refractivity (Wildman–Crippen MR) is 113 cm³/mol. The van der Waals surface area contributed by atoms with Gasteiger partial charge < -0.3 is 14.7 Å². The molecule has 5 heteroatoms. The van der Waals surface area contributed by atoms with Gasteiger partial charge in [-0.15, -0.1) is 0 Å². The molecule has 0 aliphatic carbocycles. The van der Waals surface area contributed by atoms with Crippen molar-refractivity contribution in [2.75, 3.05) is 7.11 Å². The molecule has 30 heavy (non-hydrogen) atoms. The molecule has 3 aromatic carbocycles. The Morgan fingerprint density at radius 3 is 2.47 bits per heavy atom. The normalized spacial score (nSPS) is 16.3. The average molecular weight is 403 g/mol. The molecule has 1 amide bonds. The molecule has 152 valence electrons. The Balaban J connectivity index is 1.82. The van der Waals surface area contributed by atoms with Gasteiger partial charge in [-0.25, -0.2) is 4.39 Å². The second-order valence-electron chi connectivity index (χ2n) is 7.34. The van der Waals surface area contributed by atoms with Gasteiger partial charge in [0.2, 0.25) is 0 Å². The van der Waals surface area contributed by atoms with E-state index in [4.69, 9.17) is 4.74 Å². The van der Waals surface area contributed by atoms with E-state index in [-0.39, 0.29) is 12.3 Å². The highest BCUT2D eigenvalue weighted by Crippen LogP contribution is 2.44. The Labute approximate surface area is 174 Å². The van der Waals surface area contributed by atoms with Crippen LogP contribution in [0.4, 0.5) is 4.39 Å². The van der Waals surface area contributed by atoms with Crippen LogP contribution in [0.25, 0.3) is 5.57 Å². The maximum absolute atomic E-state index is 14.8. The van der Waals surface area contributed by atoms with Gasteiger partial charge in [-0.05, 0) is 36.2 Å². The zero-order chi connectivity index (χ0) is 21.3. The summed E-state index contributed by atoms with van der Waals surface area (Å²) < 4.78 is 20.1. The van der Waals surface area contributed by atoms with Crippen molar-refractivity contribution in [2.24, 2.45) is 0 Å². The molecule has 3 aromatic rings. The Morgan fingerprint density at radius 2 is 1.77 bits per heavy atom. The van der Waals surface area contributed by atoms with Crippen LogP contribution in [-0.4, -0.2) is 23.0 Å². The Morgan fingerprint density at radius 1 is 1.03 bits per heavy atom. The molecule has 1 aliphatic rings. The fourth-order valence-electron chi connectivity index (χ4n) is 3.83. The first-order chi connectivity index (χ1) is 14.5. The smallest absolute Gasteiger partial charge is 0.290 e. The minimum absolute atomic E-state index is 0.203. The van der Waals surface area contributed by atoms with Crippen molar-refractivity contribution in [3.63, 3.8) is 0 Å². The number of benzene rings is 3. The number of methoxy groups -OCH3 is 1. The second kappa shape index (κ2) is 8.03. The number of aliphatic hydroxyl groups excluding tert-OH is 1. The molecule has 1 aliphatic heterocycles. The number of carbonyl (C=O) groups excluding carboxylic acids is 1. The summed E-state index contributed by atoms with van der Waals surface area (Å²) in [5, 5.41) is 10.8. The van der Waals surface area contributed by atoms with Gasteiger partial charge in [-0.1, -0.05) is 60.2 Å². The zero-order valence-corrected chi connectivity index (χ0v) is 16.8. The van der Waals surface area contributed by atoms with Gasteiger partial charge in [0.1, 0.15) is 11.6 Å². The van der Waals surface area contributed by atoms with Crippen molar-refractivity contribution in [3.05, 3.63) is 107 Å². The highest BCUT2D eigenvalue weighted by atomic mass is 19.1. The minimum atomic E-state index is -0.743. The SMILES string of the molecule is COc1cccc(CN2C(=O)C(O)=C(c3ccc(C)cc3)[C@@H]2c2ccccc2F)c1. The van der Waals surface area contributed by atoms with Crippen molar-refractivity contribution in [1.29, 1.82) is 0 Å². The Hall–Kier alpha value is -3.60. The molecule has 0 fully saturated rings. The fraction of sp³-hybridized carbons (Fsp3) is 0.160. The van der Waals surface area contributed by atoms with Crippen LogP contribution in [0.5, 0.6) is 5.75 Å². The Kier molecular flexibility index (Phi) is 5.27. The van der Waals surface area contributed by atoms with Crippen molar-refractivity contribution in [1.82, 2.24) is 4.90 Å². The van der Waals surface area contributed by atoms with Crippen molar-refractivity contribution in [3.8, 4) is 5.75 Å². The molecule has 1 heterocycles. The molecule has 1 atom stereocenters. The van der Waals surface area contributed by atoms with E-state index in [1.165, 1.54) is 11.0 Å². The van der Waals surface area contributed by atoms with Crippen molar-refractivity contribution in [2.45, 2.75) is 19.5 Å². The molecule has 0 unspecified atom stereocenters. The number of hydrogen-bond donors (Lipinski definition) is 1. The molecule has 0 spiro atoms. The third-order valence-electron chi connectivity index (χ3n) is 5.35. The monoisotopic (exact) mass is 403 g/mol. The number of carbonyl (C=O) groups is 1. The van der Waals surface area contributed by atoms with Crippen LogP contribution in [0.2, 0.25) is 0 Å². The summed E-state index contributed by atoms with van der Waals surface area (Å²) >= 11 is 0. The number of aliphatic hydroxyl groups is 1. The predicted octanol–water partition coefficient (Wildman–Crippen LogP) is 5.20. The van der Waals surface area contributed by atoms with Gasteiger partial charge in [0.15, 0.2) is 5.76 Å². The number of halogens is 1. The Bertz CT molecular complexity index is 1120. The summed E-state index contributed by atoms with van der Waals surface area (Å²) in [6.07, 6.45) is 0. The topological polar surface area (TPSA) is 49.8 Å². The van der Waals surface area contributed by atoms with Crippen LogP contribution in [0.15, 0.2) is 78.6 Å². The van der Waals surface area contributed by atoms with E-state index >= 15 is 0 Å². The van der Waals surface area contributed by atoms with Crippen LogP contribution in [0.3, 0.4) is 0 Å². The quantitative estimate of drug-likeness (QED) is 0.637. The number of aryl methyl sites for hydroxylation is 1. The van der Waals surface area contributed by atoms with Crippen LogP contribution in [-0.2, 0) is 11.3 Å². The van der Waals surface area contributed by atoms with E-state index in [1.54, 1.807) is 25.3 Å².